The van der Waals surface area contributed by atoms with E-state index < -0.39 is 0 Å². The number of aromatic nitrogens is 3. The molecule has 3 heterocycles. The Kier molecular flexibility index (Phi) is 13.9. The van der Waals surface area contributed by atoms with Gasteiger partial charge in [-0.2, -0.15) is 0 Å². The van der Waals surface area contributed by atoms with Gasteiger partial charge in [-0.1, -0.05) is 0 Å². The minimum Gasteiger partial charge on any atom is -0.394 e. The molecule has 48 heavy (non-hydrogen) atoms. The van der Waals surface area contributed by atoms with Crippen LogP contribution in [0.4, 0.5) is 17.1 Å². The Labute approximate surface area is 282 Å². The Morgan fingerprint density at radius 3 is 1.02 bits per heavy atom. The monoisotopic (exact) mass is 666 g/mol. The van der Waals surface area contributed by atoms with Crippen molar-refractivity contribution in [2.75, 3.05) is 38.5 Å². The van der Waals surface area contributed by atoms with Crippen molar-refractivity contribution in [1.29, 1.82) is 0 Å². The largest absolute Gasteiger partial charge is 0.394 e. The highest BCUT2D eigenvalue weighted by Gasteiger charge is 2.25. The van der Waals surface area contributed by atoms with Gasteiger partial charge in [0.2, 0.25) is 0 Å². The van der Waals surface area contributed by atoms with E-state index in [0.29, 0.717) is 17.1 Å². The summed E-state index contributed by atoms with van der Waals surface area (Å²) in [5.74, 6) is 0. The van der Waals surface area contributed by atoms with Crippen LogP contribution in [0.2, 0.25) is 0 Å². The Bertz CT molecular complexity index is 1430. The lowest BCUT2D eigenvalue weighted by molar-refractivity contribution is 0.0523. The summed E-state index contributed by atoms with van der Waals surface area (Å²) in [5.41, 5.74) is 17.6. The molecule has 3 fully saturated rings. The molecule has 12 heteroatoms. The predicted molar refractivity (Wildman–Crippen MR) is 190 cm³/mol. The zero-order chi connectivity index (χ0) is 34.6. The Hall–Kier alpha value is -3.87. The molecular formula is C36H54N6O6. The summed E-state index contributed by atoms with van der Waals surface area (Å²) in [7, 11) is 5.19. The second-order valence-corrected chi connectivity index (χ2v) is 13.1. The van der Waals surface area contributed by atoms with Gasteiger partial charge in [0.05, 0.1) is 35.4 Å². The third-order valence-corrected chi connectivity index (χ3v) is 9.99. The summed E-state index contributed by atoms with van der Waals surface area (Å²) < 4.78 is 21.4. The number of pyridine rings is 3. The standard InChI is InChI=1S/3C12H18N2O2/c3*1-16-10-5-2-4-9(8-10)14-7-3-6-11(13)12(14)15/h3*3,6-7,9-10H,2,4-5,8,13H2,1H3/t3*9-,10+/m100/s1. The number of methoxy groups -OCH3 is 3. The SMILES string of the molecule is CO[C@@H]1CCC[C@H](n2cccc(N)c2=O)C1.CO[C@@H]1CCC[C@H](n2cccc(N)c2=O)C1.CO[C@H]1CCC[C@@H](n2cccc(N)c2=O)C1. The highest BCUT2D eigenvalue weighted by atomic mass is 16.5. The number of rotatable bonds is 6. The maximum atomic E-state index is 11.9. The van der Waals surface area contributed by atoms with Gasteiger partial charge in [0.15, 0.2) is 0 Å². The van der Waals surface area contributed by atoms with Gasteiger partial charge in [0.1, 0.15) is 0 Å². The van der Waals surface area contributed by atoms with Gasteiger partial charge in [-0.3, -0.25) is 14.4 Å². The molecule has 0 spiro atoms. The average molecular weight is 667 g/mol. The third-order valence-electron chi connectivity index (χ3n) is 9.99. The van der Waals surface area contributed by atoms with Crippen molar-refractivity contribution < 1.29 is 14.2 Å². The molecule has 0 saturated heterocycles. The van der Waals surface area contributed by atoms with Crippen molar-refractivity contribution in [2.45, 2.75) is 113 Å². The van der Waals surface area contributed by atoms with E-state index in [1.54, 1.807) is 53.2 Å². The molecule has 6 N–H and O–H groups in total. The number of hydrogen-bond acceptors (Lipinski definition) is 9. The number of hydrogen-bond donors (Lipinski definition) is 3. The number of nitrogens with zero attached hydrogens (tertiary/aromatic N) is 3. The summed E-state index contributed by atoms with van der Waals surface area (Å²) in [6, 6.07) is 11.1. The van der Waals surface area contributed by atoms with Crippen LogP contribution in [0.3, 0.4) is 0 Å². The van der Waals surface area contributed by atoms with Gasteiger partial charge in [0, 0.05) is 58.0 Å². The normalized spacial score (nSPS) is 25.6. The van der Waals surface area contributed by atoms with Crippen LogP contribution in [0.1, 0.15) is 95.2 Å². The van der Waals surface area contributed by atoms with Crippen molar-refractivity contribution in [3.63, 3.8) is 0 Å². The van der Waals surface area contributed by atoms with E-state index in [0.717, 1.165) is 77.0 Å². The van der Waals surface area contributed by atoms with Crippen LogP contribution in [-0.4, -0.2) is 53.3 Å². The molecule has 3 aromatic rings. The van der Waals surface area contributed by atoms with Gasteiger partial charge in [0.25, 0.3) is 16.7 Å². The van der Waals surface area contributed by atoms with Gasteiger partial charge in [-0.25, -0.2) is 0 Å². The van der Waals surface area contributed by atoms with E-state index in [2.05, 4.69) is 0 Å². The molecule has 0 bridgehead atoms. The molecule has 0 amide bonds. The lowest BCUT2D eigenvalue weighted by Crippen LogP contribution is -2.31. The quantitative estimate of drug-likeness (QED) is 0.338. The fraction of sp³-hybridized carbons (Fsp3) is 0.583. The molecule has 6 atom stereocenters. The minimum atomic E-state index is -0.0794. The average Bonchev–Trinajstić information content (AvgIpc) is 3.12. The number of nitrogens with two attached hydrogens (primary N) is 3. The summed E-state index contributed by atoms with van der Waals surface area (Å²) in [6.07, 6.45) is 18.6. The third kappa shape index (κ3) is 9.61. The lowest BCUT2D eigenvalue weighted by atomic mass is 9.92. The molecule has 0 aromatic carbocycles. The number of nitrogen functional groups attached to an aromatic ring is 3. The molecule has 3 aromatic heterocycles. The second kappa shape index (κ2) is 18.0. The molecule has 3 saturated carbocycles. The van der Waals surface area contributed by atoms with Crippen LogP contribution in [0.25, 0.3) is 0 Å². The molecule has 0 radical (unpaired) electrons. The molecule has 3 aliphatic carbocycles. The van der Waals surface area contributed by atoms with E-state index in [1.807, 2.05) is 36.8 Å². The highest BCUT2D eigenvalue weighted by Crippen LogP contribution is 2.31. The molecule has 12 nitrogen and oxygen atoms in total. The topological polar surface area (TPSA) is 172 Å². The van der Waals surface area contributed by atoms with Crippen molar-refractivity contribution in [1.82, 2.24) is 13.7 Å². The summed E-state index contributed by atoms with van der Waals surface area (Å²) >= 11 is 0. The second-order valence-electron chi connectivity index (χ2n) is 13.1. The van der Waals surface area contributed by atoms with E-state index in [9.17, 15) is 14.4 Å². The maximum Gasteiger partial charge on any atom is 0.273 e. The highest BCUT2D eigenvalue weighted by molar-refractivity contribution is 5.35. The van der Waals surface area contributed by atoms with Crippen LogP contribution in [0.5, 0.6) is 0 Å². The van der Waals surface area contributed by atoms with Crippen molar-refractivity contribution in [3.05, 3.63) is 86.1 Å². The lowest BCUT2D eigenvalue weighted by Gasteiger charge is -2.29. The first kappa shape index (κ1) is 37.0. The van der Waals surface area contributed by atoms with E-state index in [4.69, 9.17) is 31.4 Å². The van der Waals surface area contributed by atoms with Crippen LogP contribution >= 0.6 is 0 Å². The first-order valence-corrected chi connectivity index (χ1v) is 17.1. The van der Waals surface area contributed by atoms with Crippen LogP contribution < -0.4 is 33.9 Å². The Morgan fingerprint density at radius 2 is 0.771 bits per heavy atom. The first-order valence-electron chi connectivity index (χ1n) is 17.1. The first-order chi connectivity index (χ1) is 23.2. The van der Waals surface area contributed by atoms with Gasteiger partial charge < -0.3 is 45.1 Å². The molecule has 3 aliphatic rings. The zero-order valence-electron chi connectivity index (χ0n) is 28.7. The summed E-state index contributed by atoms with van der Waals surface area (Å²) in [4.78, 5) is 35.6. The van der Waals surface area contributed by atoms with Crippen molar-refractivity contribution >= 4 is 17.1 Å². The number of ether oxygens (including phenoxy) is 3. The van der Waals surface area contributed by atoms with E-state index in [-0.39, 0.29) is 53.1 Å². The Morgan fingerprint density at radius 1 is 0.500 bits per heavy atom. The van der Waals surface area contributed by atoms with Gasteiger partial charge in [-0.15, -0.1) is 0 Å². The van der Waals surface area contributed by atoms with E-state index >= 15 is 0 Å². The van der Waals surface area contributed by atoms with E-state index in [1.165, 1.54) is 0 Å². The fourth-order valence-electron chi connectivity index (χ4n) is 7.21. The molecule has 6 rings (SSSR count). The van der Waals surface area contributed by atoms with Crippen molar-refractivity contribution in [3.8, 4) is 0 Å². The molecular weight excluding hydrogens is 612 g/mol. The fourth-order valence-corrected chi connectivity index (χ4v) is 7.21. The smallest absolute Gasteiger partial charge is 0.273 e. The van der Waals surface area contributed by atoms with Crippen LogP contribution in [-0.2, 0) is 14.2 Å². The van der Waals surface area contributed by atoms with Crippen LogP contribution in [0.15, 0.2) is 69.4 Å². The maximum absolute atomic E-state index is 11.9. The summed E-state index contributed by atoms with van der Waals surface area (Å²) in [5, 5.41) is 0. The van der Waals surface area contributed by atoms with Gasteiger partial charge in [-0.05, 0) is 113 Å². The van der Waals surface area contributed by atoms with Crippen LogP contribution in [0, 0.1) is 0 Å². The van der Waals surface area contributed by atoms with Crippen molar-refractivity contribution in [2.24, 2.45) is 0 Å². The number of anilines is 3. The predicted octanol–water partition coefficient (Wildman–Crippen LogP) is 4.68. The summed E-state index contributed by atoms with van der Waals surface area (Å²) in [6.45, 7) is 0. The minimum absolute atomic E-state index is 0.0794. The zero-order valence-corrected chi connectivity index (χ0v) is 28.7. The molecule has 264 valence electrons. The Balaban J connectivity index is 0.000000163. The molecule has 0 unspecified atom stereocenters. The molecule has 0 aliphatic heterocycles. The van der Waals surface area contributed by atoms with Gasteiger partial charge >= 0.3 is 0 Å².